The van der Waals surface area contributed by atoms with E-state index in [1.54, 1.807) is 12.3 Å². The van der Waals surface area contributed by atoms with E-state index in [1.807, 2.05) is 12.1 Å². The van der Waals surface area contributed by atoms with Crippen LogP contribution in [0.15, 0.2) is 36.5 Å². The Morgan fingerprint density at radius 1 is 1.09 bits per heavy atom. The lowest BCUT2D eigenvalue weighted by molar-refractivity contribution is 0.553. The summed E-state index contributed by atoms with van der Waals surface area (Å²) in [4.78, 5) is 12.6. The van der Waals surface area contributed by atoms with Gasteiger partial charge in [0.05, 0.1) is 11.4 Å². The molecule has 23 heavy (non-hydrogen) atoms. The van der Waals surface area contributed by atoms with Gasteiger partial charge in [0.15, 0.2) is 0 Å². The van der Waals surface area contributed by atoms with E-state index < -0.39 is 0 Å². The molecule has 2 N–H and O–H groups in total. The lowest BCUT2D eigenvalue weighted by Crippen LogP contribution is -2.13. The Kier molecular flexibility index (Phi) is 2.82. The van der Waals surface area contributed by atoms with Crippen molar-refractivity contribution in [2.24, 2.45) is 0 Å². The zero-order chi connectivity index (χ0) is 16.2. The second-order valence-electron chi connectivity index (χ2n) is 6.77. The first-order valence-corrected chi connectivity index (χ1v) is 7.56. The minimum atomic E-state index is -0.284. The number of imidazole rings is 1. The molecule has 0 spiro atoms. The van der Waals surface area contributed by atoms with Gasteiger partial charge < -0.3 is 10.3 Å². The van der Waals surface area contributed by atoms with Crippen molar-refractivity contribution in [1.29, 1.82) is 0 Å². The number of halogens is 1. The summed E-state index contributed by atoms with van der Waals surface area (Å²) in [6.07, 6.45) is 1.72. The lowest BCUT2D eigenvalue weighted by atomic mass is 9.96. The highest BCUT2D eigenvalue weighted by Crippen LogP contribution is 2.43. The molecule has 1 aliphatic heterocycles. The summed E-state index contributed by atoms with van der Waals surface area (Å²) in [6, 6.07) is 8.58. The molecular formula is C18H17FN4. The quantitative estimate of drug-likeness (QED) is 0.498. The Labute approximate surface area is 133 Å². The van der Waals surface area contributed by atoms with E-state index in [0.29, 0.717) is 11.5 Å². The van der Waals surface area contributed by atoms with Gasteiger partial charge in [0.25, 0.3) is 0 Å². The van der Waals surface area contributed by atoms with Crippen molar-refractivity contribution >= 4 is 11.5 Å². The van der Waals surface area contributed by atoms with Gasteiger partial charge in [-0.2, -0.15) is 0 Å². The summed E-state index contributed by atoms with van der Waals surface area (Å²) in [7, 11) is 0. The van der Waals surface area contributed by atoms with E-state index in [0.717, 1.165) is 28.3 Å². The smallest absolute Gasteiger partial charge is 0.139 e. The molecule has 2 aromatic heterocycles. The third-order valence-electron chi connectivity index (χ3n) is 3.98. The number of nitrogens with zero attached hydrogens (tertiary/aromatic N) is 2. The van der Waals surface area contributed by atoms with Crippen LogP contribution in [0.3, 0.4) is 0 Å². The first-order valence-electron chi connectivity index (χ1n) is 7.56. The van der Waals surface area contributed by atoms with E-state index in [9.17, 15) is 4.39 Å². The molecule has 0 fully saturated rings. The maximum absolute atomic E-state index is 13.7. The van der Waals surface area contributed by atoms with Crippen LogP contribution in [-0.4, -0.2) is 15.0 Å². The summed E-state index contributed by atoms with van der Waals surface area (Å²) < 4.78 is 13.7. The predicted molar refractivity (Wildman–Crippen MR) is 89.2 cm³/mol. The topological polar surface area (TPSA) is 53.6 Å². The van der Waals surface area contributed by atoms with Crippen LogP contribution in [0.25, 0.3) is 22.5 Å². The van der Waals surface area contributed by atoms with Crippen molar-refractivity contribution in [2.75, 3.05) is 5.32 Å². The van der Waals surface area contributed by atoms with Gasteiger partial charge in [0.1, 0.15) is 23.2 Å². The number of H-pyrrole nitrogens is 1. The van der Waals surface area contributed by atoms with Gasteiger partial charge in [0, 0.05) is 22.7 Å². The van der Waals surface area contributed by atoms with E-state index in [4.69, 9.17) is 4.98 Å². The Morgan fingerprint density at radius 2 is 1.91 bits per heavy atom. The normalized spacial score (nSPS) is 12.7. The highest BCUT2D eigenvalue weighted by Gasteiger charge is 2.27. The highest BCUT2D eigenvalue weighted by molar-refractivity contribution is 5.94. The average molecular weight is 308 g/mol. The zero-order valence-corrected chi connectivity index (χ0v) is 13.2. The SMILES string of the molecule is CC(C)(C)c1nc2c([nH]1)-c1ccc(F)cc1Nc1ncccc1-2. The fourth-order valence-corrected chi connectivity index (χ4v) is 2.78. The van der Waals surface area contributed by atoms with Gasteiger partial charge in [-0.3, -0.25) is 0 Å². The van der Waals surface area contributed by atoms with Crippen LogP contribution in [0, 0.1) is 5.82 Å². The molecular weight excluding hydrogens is 291 g/mol. The van der Waals surface area contributed by atoms with E-state index >= 15 is 0 Å². The van der Waals surface area contributed by atoms with Crippen molar-refractivity contribution in [3.05, 3.63) is 48.2 Å². The monoisotopic (exact) mass is 308 g/mol. The second-order valence-corrected chi connectivity index (χ2v) is 6.77. The van der Waals surface area contributed by atoms with Crippen LogP contribution in [0.2, 0.25) is 0 Å². The number of pyridine rings is 1. The van der Waals surface area contributed by atoms with Gasteiger partial charge in [-0.15, -0.1) is 0 Å². The molecule has 1 aliphatic rings. The van der Waals surface area contributed by atoms with Gasteiger partial charge in [-0.25, -0.2) is 14.4 Å². The molecule has 0 aliphatic carbocycles. The predicted octanol–water partition coefficient (Wildman–Crippen LogP) is 4.63. The lowest BCUT2D eigenvalue weighted by Gasteiger charge is -2.15. The maximum atomic E-state index is 13.7. The van der Waals surface area contributed by atoms with Crippen LogP contribution in [0.5, 0.6) is 0 Å². The fourth-order valence-electron chi connectivity index (χ4n) is 2.78. The average Bonchev–Trinajstić information content (AvgIpc) is 2.88. The van der Waals surface area contributed by atoms with E-state index in [-0.39, 0.29) is 11.2 Å². The first kappa shape index (κ1) is 13.9. The molecule has 0 saturated heterocycles. The molecule has 0 saturated carbocycles. The van der Waals surface area contributed by atoms with Gasteiger partial charge in [-0.1, -0.05) is 20.8 Å². The zero-order valence-electron chi connectivity index (χ0n) is 13.2. The molecule has 0 bridgehead atoms. The van der Waals surface area contributed by atoms with Gasteiger partial charge >= 0.3 is 0 Å². The highest BCUT2D eigenvalue weighted by atomic mass is 19.1. The number of benzene rings is 1. The molecule has 0 atom stereocenters. The van der Waals surface area contributed by atoms with E-state index in [2.05, 4.69) is 36.1 Å². The second kappa shape index (κ2) is 4.65. The number of fused-ring (bicyclic) bond motifs is 5. The Balaban J connectivity index is 2.06. The minimum Gasteiger partial charge on any atom is -0.341 e. The summed E-state index contributed by atoms with van der Waals surface area (Å²) >= 11 is 0. The molecule has 3 aromatic rings. The largest absolute Gasteiger partial charge is 0.341 e. The standard InChI is InChI=1S/C18H17FN4/c1-18(2,3)17-22-14-11-7-6-10(19)9-13(11)21-16-12(15(14)23-17)5-4-8-20-16/h4-9H,1-3H3,(H,20,21)(H,22,23). The van der Waals surface area contributed by atoms with Crippen LogP contribution < -0.4 is 5.32 Å². The van der Waals surface area contributed by atoms with Crippen LogP contribution in [0.4, 0.5) is 15.9 Å². The number of hydrogen-bond acceptors (Lipinski definition) is 3. The molecule has 5 heteroatoms. The van der Waals surface area contributed by atoms with Crippen molar-refractivity contribution in [1.82, 2.24) is 15.0 Å². The van der Waals surface area contributed by atoms with Gasteiger partial charge in [0.2, 0.25) is 0 Å². The Morgan fingerprint density at radius 3 is 2.70 bits per heavy atom. The number of aromatic nitrogens is 3. The third kappa shape index (κ3) is 2.20. The molecule has 4 rings (SSSR count). The summed E-state index contributed by atoms with van der Waals surface area (Å²) in [6.45, 7) is 6.33. The van der Waals surface area contributed by atoms with Gasteiger partial charge in [-0.05, 0) is 30.3 Å². The number of rotatable bonds is 0. The number of anilines is 2. The van der Waals surface area contributed by atoms with Crippen molar-refractivity contribution in [3.63, 3.8) is 0 Å². The molecule has 0 amide bonds. The molecule has 0 unspecified atom stereocenters. The number of hydrogen-bond donors (Lipinski definition) is 2. The van der Waals surface area contributed by atoms with Crippen molar-refractivity contribution in [3.8, 4) is 22.5 Å². The Bertz CT molecular complexity index is 906. The third-order valence-corrected chi connectivity index (χ3v) is 3.98. The van der Waals surface area contributed by atoms with Crippen LogP contribution in [0.1, 0.15) is 26.6 Å². The van der Waals surface area contributed by atoms with Crippen LogP contribution >= 0.6 is 0 Å². The summed E-state index contributed by atoms with van der Waals surface area (Å²) in [5, 5.41) is 3.22. The number of nitrogens with one attached hydrogen (secondary N) is 2. The van der Waals surface area contributed by atoms with Crippen molar-refractivity contribution < 1.29 is 4.39 Å². The fraction of sp³-hybridized carbons (Fsp3) is 0.222. The molecule has 116 valence electrons. The minimum absolute atomic E-state index is 0.109. The number of aromatic amines is 1. The van der Waals surface area contributed by atoms with Crippen molar-refractivity contribution in [2.45, 2.75) is 26.2 Å². The molecule has 4 nitrogen and oxygen atoms in total. The Hall–Kier alpha value is -2.69. The molecule has 0 radical (unpaired) electrons. The first-order chi connectivity index (χ1) is 10.9. The summed E-state index contributed by atoms with van der Waals surface area (Å²) in [5.74, 6) is 1.30. The molecule has 1 aromatic carbocycles. The van der Waals surface area contributed by atoms with Crippen LogP contribution in [-0.2, 0) is 5.41 Å². The van der Waals surface area contributed by atoms with E-state index in [1.165, 1.54) is 12.1 Å². The summed E-state index contributed by atoms with van der Waals surface area (Å²) in [5.41, 5.74) is 4.11. The molecule has 3 heterocycles. The maximum Gasteiger partial charge on any atom is 0.139 e.